The van der Waals surface area contributed by atoms with E-state index in [1.54, 1.807) is 20.8 Å². The van der Waals surface area contributed by atoms with E-state index >= 15 is 0 Å². The number of halogens is 3. The van der Waals surface area contributed by atoms with Gasteiger partial charge < -0.3 is 16.4 Å². The lowest BCUT2D eigenvalue weighted by atomic mass is 10.0. The highest BCUT2D eigenvalue weighted by Gasteiger charge is 2.28. The first-order valence-electron chi connectivity index (χ1n) is 7.07. The van der Waals surface area contributed by atoms with Crippen LogP contribution in [-0.2, 0) is 14.6 Å². The maximum atomic E-state index is 12.7. The number of carbonyl (C=O) groups is 1. The molecule has 2 atom stereocenters. The third-order valence-electron chi connectivity index (χ3n) is 3.38. The lowest BCUT2D eigenvalue weighted by Gasteiger charge is -2.18. The summed E-state index contributed by atoms with van der Waals surface area (Å²) >= 11 is 0. The van der Waals surface area contributed by atoms with Gasteiger partial charge in [-0.15, -0.1) is 12.4 Å². The highest BCUT2D eigenvalue weighted by Crippen LogP contribution is 2.28. The Balaban J connectivity index is 0.00000529. The number of nitrogens with two attached hydrogens (primary N) is 1. The number of hydrogen-bond acceptors (Lipinski definition) is 5. The van der Waals surface area contributed by atoms with Crippen molar-refractivity contribution in [2.45, 2.75) is 37.5 Å². The molecular weight excluding hydrogens is 364 g/mol. The minimum atomic E-state index is -4.74. The summed E-state index contributed by atoms with van der Waals surface area (Å²) < 4.78 is 48.5. The lowest BCUT2D eigenvalue weighted by Crippen LogP contribution is -2.34. The molecular formula is C14H22ClF2N3O3S. The van der Waals surface area contributed by atoms with Gasteiger partial charge in [-0.1, -0.05) is 6.92 Å². The summed E-state index contributed by atoms with van der Waals surface area (Å²) in [6.07, 6.45) is 0. The number of amides is 1. The number of rotatable bonds is 7. The summed E-state index contributed by atoms with van der Waals surface area (Å²) in [5.41, 5.74) is 6.21. The zero-order chi connectivity index (χ0) is 17.8. The number of nitrogens with one attached hydrogen (secondary N) is 2. The third-order valence-corrected chi connectivity index (χ3v) is 4.76. The highest BCUT2D eigenvalue weighted by atomic mass is 35.5. The molecule has 1 aromatic carbocycles. The number of hydrogen-bond donors (Lipinski definition) is 3. The average molecular weight is 386 g/mol. The van der Waals surface area contributed by atoms with Gasteiger partial charge in [0.1, 0.15) is 0 Å². The van der Waals surface area contributed by atoms with Gasteiger partial charge in [-0.05, 0) is 32.0 Å². The molecule has 10 heteroatoms. The molecule has 1 aromatic rings. The largest absolute Gasteiger partial charge is 0.384 e. The fourth-order valence-electron chi connectivity index (χ4n) is 1.74. The van der Waals surface area contributed by atoms with Crippen LogP contribution in [-0.4, -0.2) is 32.7 Å². The molecule has 0 saturated carbocycles. The van der Waals surface area contributed by atoms with Crippen molar-refractivity contribution in [2.24, 2.45) is 11.7 Å². The quantitative estimate of drug-likeness (QED) is 0.669. The second kappa shape index (κ2) is 9.14. The summed E-state index contributed by atoms with van der Waals surface area (Å²) in [6.45, 7) is 5.59. The molecule has 138 valence electrons. The van der Waals surface area contributed by atoms with E-state index in [0.717, 1.165) is 12.1 Å². The fraction of sp³-hybridized carbons (Fsp3) is 0.500. The zero-order valence-electron chi connectivity index (χ0n) is 13.5. The van der Waals surface area contributed by atoms with E-state index in [9.17, 15) is 22.0 Å². The second-order valence-corrected chi connectivity index (χ2v) is 7.10. The normalized spacial score (nSPS) is 13.8. The van der Waals surface area contributed by atoms with Crippen LogP contribution >= 0.6 is 12.4 Å². The first-order valence-corrected chi connectivity index (χ1v) is 8.62. The van der Waals surface area contributed by atoms with Crippen LogP contribution in [0.25, 0.3) is 0 Å². The van der Waals surface area contributed by atoms with Gasteiger partial charge in [0.15, 0.2) is 0 Å². The zero-order valence-corrected chi connectivity index (χ0v) is 15.2. The molecule has 0 aliphatic carbocycles. The Labute approximate surface area is 146 Å². The van der Waals surface area contributed by atoms with Crippen LogP contribution in [0.4, 0.5) is 20.2 Å². The maximum absolute atomic E-state index is 12.7. The van der Waals surface area contributed by atoms with Crippen LogP contribution in [0.2, 0.25) is 0 Å². The van der Waals surface area contributed by atoms with Crippen molar-refractivity contribution < 1.29 is 22.0 Å². The van der Waals surface area contributed by atoms with Crippen molar-refractivity contribution in [2.75, 3.05) is 17.2 Å². The Morgan fingerprint density at radius 1 is 1.25 bits per heavy atom. The van der Waals surface area contributed by atoms with Gasteiger partial charge in [-0.2, -0.15) is 8.78 Å². The number of carbonyl (C=O) groups excluding carboxylic acids is 1. The summed E-state index contributed by atoms with van der Waals surface area (Å²) in [5.74, 6) is -4.48. The smallest absolute Gasteiger partial charge is 0.341 e. The van der Waals surface area contributed by atoms with E-state index in [1.807, 2.05) is 0 Å². The van der Waals surface area contributed by atoms with Crippen molar-refractivity contribution in [1.29, 1.82) is 0 Å². The molecule has 4 N–H and O–H groups in total. The molecule has 1 amide bonds. The molecule has 6 nitrogen and oxygen atoms in total. The lowest BCUT2D eigenvalue weighted by molar-refractivity contribution is -0.119. The van der Waals surface area contributed by atoms with Gasteiger partial charge in [-0.3, -0.25) is 4.79 Å². The molecule has 0 bridgehead atoms. The van der Waals surface area contributed by atoms with Crippen LogP contribution in [0.15, 0.2) is 23.1 Å². The van der Waals surface area contributed by atoms with Crippen molar-refractivity contribution in [3.05, 3.63) is 18.2 Å². The molecule has 0 heterocycles. The first-order chi connectivity index (χ1) is 10.6. The second-order valence-electron chi connectivity index (χ2n) is 5.18. The predicted octanol–water partition coefficient (Wildman–Crippen LogP) is 2.46. The molecule has 0 aromatic heterocycles. The topological polar surface area (TPSA) is 101 Å². The Hall–Kier alpha value is -1.45. The maximum Gasteiger partial charge on any atom is 0.341 e. The van der Waals surface area contributed by atoms with Gasteiger partial charge in [-0.25, -0.2) is 8.42 Å². The number of sulfone groups is 1. The summed E-state index contributed by atoms with van der Waals surface area (Å²) in [7, 11) is -4.74. The molecule has 0 saturated heterocycles. The number of benzene rings is 1. The Kier molecular flexibility index (Phi) is 8.59. The van der Waals surface area contributed by atoms with E-state index in [4.69, 9.17) is 5.73 Å². The van der Waals surface area contributed by atoms with E-state index in [2.05, 4.69) is 10.6 Å². The van der Waals surface area contributed by atoms with Crippen molar-refractivity contribution >= 4 is 39.5 Å². The third kappa shape index (κ3) is 5.29. The number of alkyl halides is 2. The van der Waals surface area contributed by atoms with Gasteiger partial charge in [0.2, 0.25) is 15.7 Å². The molecule has 0 radical (unpaired) electrons. The van der Waals surface area contributed by atoms with Crippen LogP contribution < -0.4 is 16.4 Å². The molecule has 0 aliphatic rings. The van der Waals surface area contributed by atoms with Gasteiger partial charge in [0.25, 0.3) is 0 Å². The van der Waals surface area contributed by atoms with E-state index < -0.39 is 38.4 Å². The molecule has 2 unspecified atom stereocenters. The van der Waals surface area contributed by atoms with Crippen LogP contribution in [0, 0.1) is 5.92 Å². The first kappa shape index (κ1) is 22.6. The van der Waals surface area contributed by atoms with Crippen LogP contribution in [0.3, 0.4) is 0 Å². The van der Waals surface area contributed by atoms with Gasteiger partial charge in [0, 0.05) is 12.6 Å². The molecule has 0 spiro atoms. The highest BCUT2D eigenvalue weighted by molar-refractivity contribution is 7.91. The summed E-state index contributed by atoms with van der Waals surface area (Å²) in [5, 5.41) is 5.47. The standard InChI is InChI=1S/C14H21F2N3O3S.ClH/c1-4-18-11-6-5-10(23(21,22)14(15)16)7-12(11)19-13(20)8(2)9(3)17;/h5-9,14,18H,4,17H2,1-3H3,(H,19,20);1H. The summed E-state index contributed by atoms with van der Waals surface area (Å²) in [6, 6.07) is 3.02. The minimum Gasteiger partial charge on any atom is -0.384 e. The molecule has 0 fully saturated rings. The Morgan fingerprint density at radius 3 is 2.29 bits per heavy atom. The van der Waals surface area contributed by atoms with Crippen molar-refractivity contribution in [3.8, 4) is 0 Å². The SMILES string of the molecule is CCNc1ccc(S(=O)(=O)C(F)F)cc1NC(=O)C(C)C(C)N.Cl. The number of anilines is 2. The van der Waals surface area contributed by atoms with E-state index in [-0.39, 0.29) is 18.1 Å². The van der Waals surface area contributed by atoms with Crippen LogP contribution in [0.5, 0.6) is 0 Å². The van der Waals surface area contributed by atoms with Gasteiger partial charge in [0.05, 0.1) is 22.2 Å². The van der Waals surface area contributed by atoms with Gasteiger partial charge >= 0.3 is 5.76 Å². The van der Waals surface area contributed by atoms with Crippen LogP contribution in [0.1, 0.15) is 20.8 Å². The monoisotopic (exact) mass is 385 g/mol. The molecule has 24 heavy (non-hydrogen) atoms. The van der Waals surface area contributed by atoms with Crippen molar-refractivity contribution in [3.63, 3.8) is 0 Å². The molecule has 1 rings (SSSR count). The summed E-state index contributed by atoms with van der Waals surface area (Å²) in [4.78, 5) is 11.5. The van der Waals surface area contributed by atoms with E-state index in [1.165, 1.54) is 6.07 Å². The Bertz CT molecular complexity index is 669. The van der Waals surface area contributed by atoms with Crippen molar-refractivity contribution in [1.82, 2.24) is 0 Å². The average Bonchev–Trinajstić information content (AvgIpc) is 2.47. The Morgan fingerprint density at radius 2 is 1.83 bits per heavy atom. The fourth-order valence-corrected chi connectivity index (χ4v) is 2.48. The minimum absolute atomic E-state index is 0. The van der Waals surface area contributed by atoms with E-state index in [0.29, 0.717) is 12.2 Å². The molecule has 0 aliphatic heterocycles. The predicted molar refractivity (Wildman–Crippen MR) is 92.5 cm³/mol.